The summed E-state index contributed by atoms with van der Waals surface area (Å²) in [5.74, 6) is 0. The highest BCUT2D eigenvalue weighted by molar-refractivity contribution is 7.85. The molecule has 0 radical (unpaired) electrons. The van der Waals surface area contributed by atoms with Crippen molar-refractivity contribution in [3.05, 3.63) is 164 Å². The molecule has 0 aliphatic heterocycles. The van der Waals surface area contributed by atoms with E-state index in [4.69, 9.17) is 0 Å². The van der Waals surface area contributed by atoms with Crippen molar-refractivity contribution in [1.29, 1.82) is 0 Å². The summed E-state index contributed by atoms with van der Waals surface area (Å²) >= 11 is 0. The van der Waals surface area contributed by atoms with Crippen LogP contribution in [0.25, 0.3) is 44.4 Å². The molecule has 0 bridgehead atoms. The van der Waals surface area contributed by atoms with Gasteiger partial charge in [-0.2, -0.15) is 0 Å². The van der Waals surface area contributed by atoms with Crippen LogP contribution in [0.1, 0.15) is 0 Å². The van der Waals surface area contributed by atoms with Gasteiger partial charge < -0.3 is 4.57 Å². The lowest BCUT2D eigenvalue weighted by Gasteiger charge is -2.20. The minimum Gasteiger partial charge on any atom is -0.309 e. The predicted molar refractivity (Wildman–Crippen MR) is 177 cm³/mol. The van der Waals surface area contributed by atoms with E-state index < -0.39 is 7.14 Å². The summed E-state index contributed by atoms with van der Waals surface area (Å²) in [5.41, 5.74) is 7.96. The fourth-order valence-electron chi connectivity index (χ4n) is 6.32. The molecule has 0 spiro atoms. The minimum atomic E-state index is -3.06. The Balaban J connectivity index is 1.41. The average molecular weight is 559 g/mol. The number of hydrogen-bond acceptors (Lipinski definition) is 1. The first-order valence-electron chi connectivity index (χ1n) is 14.2. The van der Waals surface area contributed by atoms with Crippen LogP contribution in [0.15, 0.2) is 164 Å². The van der Waals surface area contributed by atoms with Crippen LogP contribution in [0, 0.1) is 0 Å². The molecule has 42 heavy (non-hydrogen) atoms. The summed E-state index contributed by atoms with van der Waals surface area (Å²) in [6, 6.07) is 55.8. The van der Waals surface area contributed by atoms with Crippen LogP contribution in [-0.2, 0) is 4.57 Å². The van der Waals surface area contributed by atoms with E-state index >= 15 is 0 Å². The van der Waals surface area contributed by atoms with Crippen LogP contribution in [0.4, 0.5) is 0 Å². The van der Waals surface area contributed by atoms with Crippen molar-refractivity contribution in [1.82, 2.24) is 8.97 Å². The smallest absolute Gasteiger partial charge is 0.171 e. The number of rotatable bonds is 5. The van der Waals surface area contributed by atoms with Crippen LogP contribution in [0.5, 0.6) is 0 Å². The van der Waals surface area contributed by atoms with E-state index in [-0.39, 0.29) is 0 Å². The summed E-state index contributed by atoms with van der Waals surface area (Å²) < 4.78 is 19.7. The number of imidazole rings is 1. The minimum absolute atomic E-state index is 0.819. The van der Waals surface area contributed by atoms with Crippen molar-refractivity contribution >= 4 is 50.6 Å². The normalized spacial score (nSPS) is 11.9. The molecule has 3 nitrogen and oxygen atoms in total. The molecule has 0 aliphatic rings. The fraction of sp³-hybridized carbons (Fsp3) is 0. The van der Waals surface area contributed by atoms with E-state index in [1.807, 2.05) is 72.8 Å². The van der Waals surface area contributed by atoms with E-state index in [0.717, 1.165) is 38.3 Å². The van der Waals surface area contributed by atoms with Crippen molar-refractivity contribution < 1.29 is 4.57 Å². The topological polar surface area (TPSA) is 26.4 Å². The van der Waals surface area contributed by atoms with E-state index in [1.54, 1.807) is 0 Å². The summed E-state index contributed by atoms with van der Waals surface area (Å²) in [6.07, 6.45) is 0. The highest BCUT2D eigenvalue weighted by Gasteiger charge is 2.30. The van der Waals surface area contributed by atoms with Gasteiger partial charge in [0.2, 0.25) is 0 Å². The predicted octanol–water partition coefficient (Wildman–Crippen LogP) is 8.34. The molecule has 0 atom stereocenters. The molecule has 2 aromatic heterocycles. The SMILES string of the molecule is O=P(c1ccccc1)(c1ccccc1)c1ccc(-n2c3ccccc3n3c4ccccc4c(-c4ccccc4)c23)cc1. The van der Waals surface area contributed by atoms with Crippen LogP contribution < -0.4 is 15.9 Å². The van der Waals surface area contributed by atoms with Crippen LogP contribution in [0.3, 0.4) is 0 Å². The molecule has 2 heterocycles. The Morgan fingerprint density at radius 1 is 0.429 bits per heavy atom. The van der Waals surface area contributed by atoms with E-state index in [0.29, 0.717) is 0 Å². The van der Waals surface area contributed by atoms with Gasteiger partial charge in [-0.05, 0) is 48.0 Å². The molecule has 0 saturated heterocycles. The third-order valence-electron chi connectivity index (χ3n) is 8.20. The van der Waals surface area contributed by atoms with Crippen LogP contribution >= 0.6 is 7.14 Å². The quantitative estimate of drug-likeness (QED) is 0.195. The first-order valence-corrected chi connectivity index (χ1v) is 15.9. The zero-order valence-corrected chi connectivity index (χ0v) is 23.7. The van der Waals surface area contributed by atoms with Gasteiger partial charge >= 0.3 is 0 Å². The van der Waals surface area contributed by atoms with Gasteiger partial charge in [0, 0.05) is 32.6 Å². The first-order chi connectivity index (χ1) is 20.7. The maximum Gasteiger partial charge on any atom is 0.171 e. The molecule has 0 saturated carbocycles. The molecule has 4 heteroatoms. The molecule has 6 aromatic carbocycles. The van der Waals surface area contributed by atoms with Gasteiger partial charge in [0.1, 0.15) is 5.65 Å². The standard InChI is InChI=1S/C38H27N2OP/c41-42(30-16-6-2-7-17-30,31-18-8-3-9-19-31)32-26-24-29(25-27-32)39-35-22-12-13-23-36(35)40-34-21-11-10-20-33(34)37(38(39)40)28-14-4-1-5-15-28/h1-27H. The molecule has 8 rings (SSSR count). The first kappa shape index (κ1) is 24.7. The number of aromatic nitrogens is 2. The Morgan fingerprint density at radius 2 is 0.905 bits per heavy atom. The Bertz CT molecular complexity index is 2200. The number of benzene rings is 6. The molecule has 0 amide bonds. The lowest BCUT2D eigenvalue weighted by Crippen LogP contribution is -2.24. The van der Waals surface area contributed by atoms with Gasteiger partial charge in [-0.1, -0.05) is 121 Å². The molecular weight excluding hydrogens is 531 g/mol. The van der Waals surface area contributed by atoms with E-state index in [9.17, 15) is 4.57 Å². The van der Waals surface area contributed by atoms with Gasteiger partial charge in [-0.3, -0.25) is 8.97 Å². The third-order valence-corrected chi connectivity index (χ3v) is 11.3. The second kappa shape index (κ2) is 9.76. The van der Waals surface area contributed by atoms with E-state index in [1.165, 1.54) is 22.0 Å². The molecule has 8 aromatic rings. The van der Waals surface area contributed by atoms with Gasteiger partial charge in [-0.15, -0.1) is 0 Å². The third kappa shape index (κ3) is 3.64. The summed E-state index contributed by atoms with van der Waals surface area (Å²) in [4.78, 5) is 0. The second-order valence-electron chi connectivity index (χ2n) is 10.5. The van der Waals surface area contributed by atoms with Crippen LogP contribution in [0.2, 0.25) is 0 Å². The summed E-state index contributed by atoms with van der Waals surface area (Å²) in [5, 5.41) is 3.70. The highest BCUT2D eigenvalue weighted by Crippen LogP contribution is 2.43. The zero-order valence-electron chi connectivity index (χ0n) is 22.8. The molecule has 0 fully saturated rings. The summed E-state index contributed by atoms with van der Waals surface area (Å²) in [7, 11) is -3.06. The monoisotopic (exact) mass is 558 g/mol. The number of para-hydroxylation sites is 3. The lowest BCUT2D eigenvalue weighted by atomic mass is 10.0. The molecular formula is C38H27N2OP. The van der Waals surface area contributed by atoms with E-state index in [2.05, 4.69) is 100.0 Å². The average Bonchev–Trinajstić information content (AvgIpc) is 3.58. The van der Waals surface area contributed by atoms with Crippen molar-refractivity contribution in [2.75, 3.05) is 0 Å². The fourth-order valence-corrected chi connectivity index (χ4v) is 8.97. The largest absolute Gasteiger partial charge is 0.309 e. The Labute approximate surface area is 244 Å². The zero-order chi connectivity index (χ0) is 28.1. The summed E-state index contributed by atoms with van der Waals surface area (Å²) in [6.45, 7) is 0. The lowest BCUT2D eigenvalue weighted by molar-refractivity contribution is 0.592. The van der Waals surface area contributed by atoms with Crippen molar-refractivity contribution in [3.63, 3.8) is 0 Å². The maximum atomic E-state index is 15.0. The Hall–Kier alpha value is -5.11. The molecule has 0 unspecified atom stereocenters. The van der Waals surface area contributed by atoms with Gasteiger partial charge in [0.15, 0.2) is 7.14 Å². The van der Waals surface area contributed by atoms with Gasteiger partial charge in [-0.25, -0.2) is 0 Å². The maximum absolute atomic E-state index is 15.0. The van der Waals surface area contributed by atoms with Crippen molar-refractivity contribution in [3.8, 4) is 16.8 Å². The number of hydrogen-bond donors (Lipinski definition) is 0. The second-order valence-corrected chi connectivity index (χ2v) is 13.3. The molecule has 0 N–H and O–H groups in total. The van der Waals surface area contributed by atoms with Crippen molar-refractivity contribution in [2.45, 2.75) is 0 Å². The number of nitrogens with zero attached hydrogens (tertiary/aromatic N) is 2. The van der Waals surface area contributed by atoms with Crippen LogP contribution in [-0.4, -0.2) is 8.97 Å². The molecule has 200 valence electrons. The highest BCUT2D eigenvalue weighted by atomic mass is 31.2. The van der Waals surface area contributed by atoms with Crippen molar-refractivity contribution in [2.24, 2.45) is 0 Å². The van der Waals surface area contributed by atoms with Gasteiger partial charge in [0.05, 0.1) is 16.6 Å². The number of fused-ring (bicyclic) bond motifs is 5. The molecule has 0 aliphatic carbocycles. The van der Waals surface area contributed by atoms with Gasteiger partial charge in [0.25, 0.3) is 0 Å². The Kier molecular flexibility index (Phi) is 5.73. The Morgan fingerprint density at radius 3 is 1.52 bits per heavy atom.